The maximum atomic E-state index is 14.7. The molecule has 34 heavy (non-hydrogen) atoms. The minimum atomic E-state index is -0.482. The predicted molar refractivity (Wildman–Crippen MR) is 136 cm³/mol. The number of fused-ring (bicyclic) bond motifs is 1. The summed E-state index contributed by atoms with van der Waals surface area (Å²) < 4.78 is 21.7. The average Bonchev–Trinajstić information content (AvgIpc) is 2.77. The third-order valence-electron chi connectivity index (χ3n) is 6.00. The molecule has 0 saturated carbocycles. The second-order valence-electron chi connectivity index (χ2n) is 9.64. The van der Waals surface area contributed by atoms with Crippen LogP contribution in [0.2, 0.25) is 5.02 Å². The summed E-state index contributed by atoms with van der Waals surface area (Å²) >= 11 is 6.00. The molecule has 3 aromatic rings. The van der Waals surface area contributed by atoms with E-state index in [-0.39, 0.29) is 34.9 Å². The summed E-state index contributed by atoms with van der Waals surface area (Å²) in [5.41, 5.74) is 1.73. The molecular formula is C26H33ClFN3O3. The topological polar surface area (TPSA) is 76.4 Å². The first kappa shape index (κ1) is 26.1. The highest BCUT2D eigenvalue weighted by Crippen LogP contribution is 2.33. The molecule has 0 amide bonds. The Morgan fingerprint density at radius 3 is 2.68 bits per heavy atom. The van der Waals surface area contributed by atoms with Gasteiger partial charge in [0, 0.05) is 38.4 Å². The molecule has 3 rings (SSSR count). The SMILES string of the molecule is COCCCNc1nc2c(cc1Cc1cccc(Cl)c1F)c(=O)c(C)cn2[C@H](CO)C(C)(C)C. The predicted octanol–water partition coefficient (Wildman–Crippen LogP) is 5.12. The van der Waals surface area contributed by atoms with Gasteiger partial charge in [0.05, 0.1) is 23.1 Å². The van der Waals surface area contributed by atoms with Gasteiger partial charge in [0.2, 0.25) is 0 Å². The minimum Gasteiger partial charge on any atom is -0.394 e. The number of aromatic nitrogens is 2. The fourth-order valence-electron chi connectivity index (χ4n) is 4.07. The third kappa shape index (κ3) is 5.59. The second-order valence-corrected chi connectivity index (χ2v) is 10.1. The number of ether oxygens (including phenoxy) is 1. The van der Waals surface area contributed by atoms with E-state index in [1.54, 1.807) is 38.4 Å². The zero-order valence-electron chi connectivity index (χ0n) is 20.4. The first-order chi connectivity index (χ1) is 16.1. The highest BCUT2D eigenvalue weighted by molar-refractivity contribution is 6.30. The van der Waals surface area contributed by atoms with Gasteiger partial charge >= 0.3 is 0 Å². The van der Waals surface area contributed by atoms with Crippen molar-refractivity contribution in [3.8, 4) is 0 Å². The zero-order chi connectivity index (χ0) is 25.0. The van der Waals surface area contributed by atoms with E-state index in [2.05, 4.69) is 5.32 Å². The van der Waals surface area contributed by atoms with Crippen LogP contribution in [0.25, 0.3) is 11.0 Å². The number of rotatable bonds is 9. The number of aliphatic hydroxyl groups is 1. The lowest BCUT2D eigenvalue weighted by molar-refractivity contribution is 0.139. The van der Waals surface area contributed by atoms with Crippen molar-refractivity contribution in [1.29, 1.82) is 0 Å². The third-order valence-corrected chi connectivity index (χ3v) is 6.29. The molecule has 6 nitrogen and oxygen atoms in total. The van der Waals surface area contributed by atoms with Gasteiger partial charge in [0.25, 0.3) is 0 Å². The van der Waals surface area contributed by atoms with Gasteiger partial charge in [-0.05, 0) is 42.0 Å². The largest absolute Gasteiger partial charge is 0.394 e. The van der Waals surface area contributed by atoms with Gasteiger partial charge in [-0.3, -0.25) is 4.79 Å². The molecule has 184 valence electrons. The zero-order valence-corrected chi connectivity index (χ0v) is 21.2. The molecule has 0 aliphatic carbocycles. The van der Waals surface area contributed by atoms with E-state index in [1.165, 1.54) is 6.07 Å². The molecule has 0 radical (unpaired) electrons. The Balaban J connectivity index is 2.23. The van der Waals surface area contributed by atoms with Gasteiger partial charge in [-0.25, -0.2) is 9.37 Å². The van der Waals surface area contributed by atoms with Gasteiger partial charge in [-0.1, -0.05) is 44.5 Å². The van der Waals surface area contributed by atoms with Gasteiger partial charge in [0.15, 0.2) is 5.43 Å². The van der Waals surface area contributed by atoms with Crippen molar-refractivity contribution in [2.75, 3.05) is 32.2 Å². The van der Waals surface area contributed by atoms with Crippen molar-refractivity contribution >= 4 is 28.5 Å². The standard InChI is InChI=1S/C26H33ClFN3O3/c1-16-14-31(21(15-32)26(2,3)4)25-19(23(16)33)13-18(24(30-25)29-10-7-11-34-5)12-17-8-6-9-20(27)22(17)28/h6,8-9,13-14,21,32H,7,10-12,15H2,1-5H3,(H,29,30)/t21-/m1/s1. The average molecular weight is 490 g/mol. The molecule has 0 fully saturated rings. The van der Waals surface area contributed by atoms with Crippen molar-refractivity contribution in [2.45, 2.75) is 46.6 Å². The number of nitrogens with zero attached hydrogens (tertiary/aromatic N) is 2. The summed E-state index contributed by atoms with van der Waals surface area (Å²) in [7, 11) is 1.64. The van der Waals surface area contributed by atoms with E-state index >= 15 is 0 Å². The molecule has 2 N–H and O–H groups in total. The Bertz CT molecular complexity index is 1220. The molecule has 1 aromatic carbocycles. The van der Waals surface area contributed by atoms with Crippen LogP contribution in [0.5, 0.6) is 0 Å². The number of hydrogen-bond donors (Lipinski definition) is 2. The second kappa shape index (κ2) is 10.8. The molecule has 0 unspecified atom stereocenters. The Hall–Kier alpha value is -2.48. The number of nitrogens with one attached hydrogen (secondary N) is 1. The van der Waals surface area contributed by atoms with Gasteiger partial charge < -0.3 is 19.7 Å². The van der Waals surface area contributed by atoms with Crippen LogP contribution >= 0.6 is 11.6 Å². The summed E-state index contributed by atoms with van der Waals surface area (Å²) in [5.74, 6) is 0.0786. The van der Waals surface area contributed by atoms with Crippen LogP contribution in [-0.2, 0) is 11.2 Å². The van der Waals surface area contributed by atoms with E-state index in [0.717, 1.165) is 6.42 Å². The Kier molecular flexibility index (Phi) is 8.34. The summed E-state index contributed by atoms with van der Waals surface area (Å²) in [5, 5.41) is 14.0. The monoisotopic (exact) mass is 489 g/mol. The molecule has 2 heterocycles. The molecule has 0 aliphatic rings. The lowest BCUT2D eigenvalue weighted by atomic mass is 9.86. The van der Waals surface area contributed by atoms with E-state index in [1.807, 2.05) is 25.3 Å². The smallest absolute Gasteiger partial charge is 0.193 e. The van der Waals surface area contributed by atoms with Crippen molar-refractivity contribution in [2.24, 2.45) is 5.41 Å². The highest BCUT2D eigenvalue weighted by atomic mass is 35.5. The van der Waals surface area contributed by atoms with Crippen molar-refractivity contribution in [1.82, 2.24) is 9.55 Å². The highest BCUT2D eigenvalue weighted by Gasteiger charge is 2.28. The summed E-state index contributed by atoms with van der Waals surface area (Å²) in [6.07, 6.45) is 2.73. The quantitative estimate of drug-likeness (QED) is 0.408. The number of pyridine rings is 2. The first-order valence-electron chi connectivity index (χ1n) is 11.4. The number of halogens is 2. The first-order valence-corrected chi connectivity index (χ1v) is 11.8. The number of methoxy groups -OCH3 is 1. The van der Waals surface area contributed by atoms with E-state index < -0.39 is 5.82 Å². The van der Waals surface area contributed by atoms with Crippen molar-refractivity contribution in [3.63, 3.8) is 0 Å². The number of aliphatic hydroxyl groups excluding tert-OH is 1. The van der Waals surface area contributed by atoms with Gasteiger partial charge in [0.1, 0.15) is 17.3 Å². The van der Waals surface area contributed by atoms with Gasteiger partial charge in [-0.15, -0.1) is 0 Å². The van der Waals surface area contributed by atoms with E-state index in [9.17, 15) is 14.3 Å². The number of benzene rings is 1. The molecule has 0 bridgehead atoms. The normalized spacial score (nSPS) is 12.8. The molecule has 0 saturated heterocycles. The Morgan fingerprint density at radius 2 is 2.03 bits per heavy atom. The molecular weight excluding hydrogens is 457 g/mol. The van der Waals surface area contributed by atoms with Crippen LogP contribution in [-0.4, -0.2) is 41.5 Å². The lowest BCUT2D eigenvalue weighted by Gasteiger charge is -2.32. The fraction of sp³-hybridized carbons (Fsp3) is 0.462. The van der Waals surface area contributed by atoms with Crippen LogP contribution in [0.1, 0.15) is 49.9 Å². The lowest BCUT2D eigenvalue weighted by Crippen LogP contribution is -2.30. The van der Waals surface area contributed by atoms with Crippen LogP contribution in [0.15, 0.2) is 35.3 Å². The van der Waals surface area contributed by atoms with Crippen molar-refractivity contribution < 1.29 is 14.2 Å². The summed E-state index contributed by atoms with van der Waals surface area (Å²) in [6, 6.07) is 6.37. The number of anilines is 1. The van der Waals surface area contributed by atoms with E-state index in [4.69, 9.17) is 21.3 Å². The number of aryl methyl sites for hydroxylation is 1. The van der Waals surface area contributed by atoms with Crippen LogP contribution in [0.4, 0.5) is 10.2 Å². The molecule has 0 aliphatic heterocycles. The maximum Gasteiger partial charge on any atom is 0.193 e. The van der Waals surface area contributed by atoms with Gasteiger partial charge in [-0.2, -0.15) is 0 Å². The Morgan fingerprint density at radius 1 is 1.29 bits per heavy atom. The maximum absolute atomic E-state index is 14.7. The van der Waals surface area contributed by atoms with Crippen LogP contribution in [0, 0.1) is 18.2 Å². The molecule has 0 spiro atoms. The summed E-state index contributed by atoms with van der Waals surface area (Å²) in [4.78, 5) is 18.0. The number of hydrogen-bond acceptors (Lipinski definition) is 5. The van der Waals surface area contributed by atoms with Crippen LogP contribution in [0.3, 0.4) is 0 Å². The minimum absolute atomic E-state index is 0.0509. The molecule has 2 aromatic heterocycles. The van der Waals surface area contributed by atoms with Crippen LogP contribution < -0.4 is 10.7 Å². The molecule has 1 atom stereocenters. The fourth-order valence-corrected chi connectivity index (χ4v) is 4.26. The van der Waals surface area contributed by atoms with Crippen molar-refractivity contribution in [3.05, 3.63) is 68.2 Å². The molecule has 8 heteroatoms. The summed E-state index contributed by atoms with van der Waals surface area (Å²) in [6.45, 7) is 8.93. The Labute approximate surface area is 204 Å². The van der Waals surface area contributed by atoms with E-state index in [0.29, 0.717) is 46.7 Å².